The van der Waals surface area contributed by atoms with Gasteiger partial charge in [0.1, 0.15) is 5.38 Å². The zero-order chi connectivity index (χ0) is 11.7. The molecule has 0 aromatic heterocycles. The maximum Gasteiger partial charge on any atom is 0.240 e. The number of hydrogen-bond donors (Lipinski definition) is 0. The van der Waals surface area contributed by atoms with Gasteiger partial charge in [0.25, 0.3) is 0 Å². The fourth-order valence-electron chi connectivity index (χ4n) is 2.86. The van der Waals surface area contributed by atoms with Crippen molar-refractivity contribution in [1.82, 2.24) is 4.90 Å². The maximum absolute atomic E-state index is 11.9. The minimum absolute atomic E-state index is 0.105. The van der Waals surface area contributed by atoms with E-state index in [1.807, 2.05) is 18.7 Å². The molecular formula is C12H20ClNO2. The Labute approximate surface area is 102 Å². The molecule has 3 rings (SSSR count). The van der Waals surface area contributed by atoms with E-state index in [1.165, 1.54) is 6.42 Å². The maximum atomic E-state index is 11.9. The molecule has 2 saturated heterocycles. The minimum Gasteiger partial charge on any atom is -0.378 e. The van der Waals surface area contributed by atoms with E-state index in [0.29, 0.717) is 24.4 Å². The lowest BCUT2D eigenvalue weighted by Crippen LogP contribution is -2.61. The van der Waals surface area contributed by atoms with Crippen LogP contribution in [0.1, 0.15) is 26.7 Å². The van der Waals surface area contributed by atoms with Crippen molar-refractivity contribution in [2.45, 2.75) is 38.2 Å². The van der Waals surface area contributed by atoms with E-state index in [1.54, 1.807) is 0 Å². The van der Waals surface area contributed by atoms with Crippen LogP contribution in [0.3, 0.4) is 0 Å². The summed E-state index contributed by atoms with van der Waals surface area (Å²) in [6, 6.07) is 0. The van der Waals surface area contributed by atoms with Crippen molar-refractivity contribution in [3.63, 3.8) is 0 Å². The highest BCUT2D eigenvalue weighted by molar-refractivity contribution is 6.30. The molecule has 0 spiro atoms. The second kappa shape index (κ2) is 4.92. The molecule has 3 fully saturated rings. The summed E-state index contributed by atoms with van der Waals surface area (Å²) in [7, 11) is 0. The zero-order valence-electron chi connectivity index (χ0n) is 9.99. The Morgan fingerprint density at radius 2 is 2.06 bits per heavy atom. The number of fused-ring (bicyclic) bond motifs is 2. The summed E-state index contributed by atoms with van der Waals surface area (Å²) in [5.74, 6) is 1.19. The van der Waals surface area contributed by atoms with E-state index in [2.05, 4.69) is 0 Å². The van der Waals surface area contributed by atoms with Gasteiger partial charge in [-0.1, -0.05) is 6.92 Å². The second-order valence-electron chi connectivity index (χ2n) is 4.79. The molecule has 0 aromatic rings. The third-order valence-electron chi connectivity index (χ3n) is 3.74. The van der Waals surface area contributed by atoms with Gasteiger partial charge < -0.3 is 9.64 Å². The summed E-state index contributed by atoms with van der Waals surface area (Å²) < 4.78 is 5.69. The average Bonchev–Trinajstić information content (AvgIpc) is 2.34. The molecule has 16 heavy (non-hydrogen) atoms. The van der Waals surface area contributed by atoms with Crippen LogP contribution in [0.4, 0.5) is 0 Å². The Hall–Kier alpha value is -0.280. The second-order valence-corrected chi connectivity index (χ2v) is 5.32. The van der Waals surface area contributed by atoms with Crippen LogP contribution < -0.4 is 0 Å². The molecule has 2 aliphatic heterocycles. The molecule has 4 heteroatoms. The smallest absolute Gasteiger partial charge is 0.240 e. The first-order valence-corrected chi connectivity index (χ1v) is 6.65. The monoisotopic (exact) mass is 245 g/mol. The molecule has 2 bridgehead atoms. The van der Waals surface area contributed by atoms with Gasteiger partial charge >= 0.3 is 0 Å². The predicted molar refractivity (Wildman–Crippen MR) is 63.5 cm³/mol. The van der Waals surface area contributed by atoms with Crippen LogP contribution >= 0.6 is 11.6 Å². The Bertz CT molecular complexity index is 260. The molecule has 0 aromatic carbocycles. The number of piperidine rings is 2. The first-order valence-electron chi connectivity index (χ1n) is 6.21. The van der Waals surface area contributed by atoms with Crippen LogP contribution in [0.5, 0.6) is 0 Å². The molecule has 1 saturated carbocycles. The van der Waals surface area contributed by atoms with Crippen LogP contribution in [-0.4, -0.2) is 42.0 Å². The van der Waals surface area contributed by atoms with E-state index < -0.39 is 0 Å². The van der Waals surface area contributed by atoms with Crippen molar-refractivity contribution in [3.05, 3.63) is 0 Å². The summed E-state index contributed by atoms with van der Waals surface area (Å²) in [5.41, 5.74) is 0. The Morgan fingerprint density at radius 3 is 2.56 bits per heavy atom. The van der Waals surface area contributed by atoms with Gasteiger partial charge in [-0.2, -0.15) is 0 Å². The molecule has 3 atom stereocenters. The van der Waals surface area contributed by atoms with Crippen LogP contribution in [0.15, 0.2) is 0 Å². The van der Waals surface area contributed by atoms with E-state index >= 15 is 0 Å². The lowest BCUT2D eigenvalue weighted by Gasteiger charge is -2.53. The van der Waals surface area contributed by atoms with Crippen LogP contribution in [0.25, 0.3) is 0 Å². The average molecular weight is 246 g/mol. The van der Waals surface area contributed by atoms with E-state index in [0.717, 1.165) is 19.7 Å². The highest BCUT2D eigenvalue weighted by atomic mass is 35.5. The topological polar surface area (TPSA) is 29.5 Å². The number of hydrogen-bond acceptors (Lipinski definition) is 2. The van der Waals surface area contributed by atoms with Crippen molar-refractivity contribution in [2.24, 2.45) is 11.8 Å². The Kier molecular flexibility index (Phi) is 3.75. The third kappa shape index (κ3) is 2.07. The number of carbonyl (C=O) groups is 1. The molecule has 92 valence electrons. The zero-order valence-corrected chi connectivity index (χ0v) is 10.7. The molecule has 2 heterocycles. The van der Waals surface area contributed by atoms with Gasteiger partial charge in [0.15, 0.2) is 0 Å². The van der Waals surface area contributed by atoms with Crippen molar-refractivity contribution in [1.29, 1.82) is 0 Å². The number of carbonyl (C=O) groups excluding carboxylic acids is 1. The Morgan fingerprint density at radius 1 is 1.44 bits per heavy atom. The molecule has 3 nitrogen and oxygen atoms in total. The van der Waals surface area contributed by atoms with Gasteiger partial charge in [-0.15, -0.1) is 11.6 Å². The van der Waals surface area contributed by atoms with Crippen LogP contribution in [0, 0.1) is 11.8 Å². The van der Waals surface area contributed by atoms with Gasteiger partial charge in [-0.05, 0) is 19.8 Å². The SMILES string of the molecule is CCOC1C2CC1CN(C(=O)C(Cl)CC)C2. The van der Waals surface area contributed by atoms with Gasteiger partial charge in [0.2, 0.25) is 5.91 Å². The lowest BCUT2D eigenvalue weighted by molar-refractivity contribution is -0.160. The summed E-state index contributed by atoms with van der Waals surface area (Å²) >= 11 is 5.99. The van der Waals surface area contributed by atoms with E-state index in [4.69, 9.17) is 16.3 Å². The van der Waals surface area contributed by atoms with Gasteiger partial charge in [-0.3, -0.25) is 4.79 Å². The fourth-order valence-corrected chi connectivity index (χ4v) is 3.00. The molecule has 3 unspecified atom stereocenters. The lowest BCUT2D eigenvalue weighted by atomic mass is 9.68. The summed E-state index contributed by atoms with van der Waals surface area (Å²) in [5, 5.41) is -0.344. The molecule has 0 N–H and O–H groups in total. The number of alkyl halides is 1. The van der Waals surface area contributed by atoms with E-state index in [-0.39, 0.29) is 11.3 Å². The summed E-state index contributed by atoms with van der Waals surface area (Å²) in [4.78, 5) is 13.8. The molecule has 0 radical (unpaired) electrons. The van der Waals surface area contributed by atoms with Gasteiger partial charge in [-0.25, -0.2) is 0 Å². The number of rotatable bonds is 4. The molecular weight excluding hydrogens is 226 g/mol. The van der Waals surface area contributed by atoms with Gasteiger partial charge in [0.05, 0.1) is 6.10 Å². The summed E-state index contributed by atoms with van der Waals surface area (Å²) in [6.07, 6.45) is 2.32. The first kappa shape index (κ1) is 12.2. The normalized spacial score (nSPS) is 34.4. The predicted octanol–water partition coefficient (Wildman–Crippen LogP) is 1.89. The standard InChI is InChI=1S/C12H20ClNO2/c1-3-10(13)12(15)14-6-8-5-9(7-14)11(8)16-4-2/h8-11H,3-7H2,1-2H3. The first-order chi connectivity index (χ1) is 7.67. The van der Waals surface area contributed by atoms with Crippen LogP contribution in [0.2, 0.25) is 0 Å². The number of nitrogens with zero attached hydrogens (tertiary/aromatic N) is 1. The quantitative estimate of drug-likeness (QED) is 0.708. The van der Waals surface area contributed by atoms with Crippen molar-refractivity contribution < 1.29 is 9.53 Å². The van der Waals surface area contributed by atoms with Crippen molar-refractivity contribution in [3.8, 4) is 0 Å². The largest absolute Gasteiger partial charge is 0.378 e. The van der Waals surface area contributed by atoms with Crippen LogP contribution in [-0.2, 0) is 9.53 Å². The highest BCUT2D eigenvalue weighted by Gasteiger charge is 2.48. The minimum atomic E-state index is -0.344. The number of amides is 1. The number of ether oxygens (including phenoxy) is 1. The third-order valence-corrected chi connectivity index (χ3v) is 4.24. The Balaban J connectivity index is 1.88. The molecule has 3 aliphatic rings. The number of halogens is 1. The molecule has 1 amide bonds. The van der Waals surface area contributed by atoms with Crippen molar-refractivity contribution >= 4 is 17.5 Å². The summed E-state index contributed by atoms with van der Waals surface area (Å²) in [6.45, 7) is 6.43. The van der Waals surface area contributed by atoms with E-state index in [9.17, 15) is 4.79 Å². The van der Waals surface area contributed by atoms with Gasteiger partial charge in [0, 0.05) is 31.5 Å². The van der Waals surface area contributed by atoms with Crippen molar-refractivity contribution in [2.75, 3.05) is 19.7 Å². The highest BCUT2D eigenvalue weighted by Crippen LogP contribution is 2.42. The fraction of sp³-hybridized carbons (Fsp3) is 0.917. The molecule has 1 aliphatic carbocycles.